The van der Waals surface area contributed by atoms with E-state index in [1.54, 1.807) is 34.3 Å². The third-order valence-electron chi connectivity index (χ3n) is 11.9. The van der Waals surface area contributed by atoms with Crippen LogP contribution in [0.3, 0.4) is 0 Å². The lowest BCUT2D eigenvalue weighted by molar-refractivity contribution is -0.136. The number of alkyl carbamates (subject to hydrolysis) is 2. The summed E-state index contributed by atoms with van der Waals surface area (Å²) < 4.78 is 22.1. The molecule has 0 radical (unpaired) electrons. The fourth-order valence-corrected chi connectivity index (χ4v) is 8.63. The molecule has 4 amide bonds. The third kappa shape index (κ3) is 7.79. The molecule has 5 aromatic rings. The number of likely N-dealkylation sites (tertiary alicyclic amines) is 2. The van der Waals surface area contributed by atoms with E-state index in [0.29, 0.717) is 70.5 Å². The Kier molecular flexibility index (Phi) is 11.3. The zero-order chi connectivity index (χ0) is 43.1. The monoisotopic (exact) mass is 834 g/mol. The van der Waals surface area contributed by atoms with E-state index in [1.165, 1.54) is 14.2 Å². The molecule has 3 aliphatic heterocycles. The summed E-state index contributed by atoms with van der Waals surface area (Å²) in [7, 11) is 2.54. The predicted molar refractivity (Wildman–Crippen MR) is 223 cm³/mol. The molecule has 0 aliphatic carbocycles. The number of nitrogens with zero attached hydrogens (tertiary/aromatic N) is 4. The molecule has 0 bridgehead atoms. The van der Waals surface area contributed by atoms with E-state index < -0.39 is 24.3 Å². The molecule has 6 heterocycles. The molecular formula is C44H50N8O9. The second-order valence-electron chi connectivity index (χ2n) is 16.4. The van der Waals surface area contributed by atoms with Gasteiger partial charge in [0.1, 0.15) is 41.7 Å². The SMILES string of the molecule is COC(=O)N[C@H](C(=O)N1CCC[C@H]1c1ncc(-c2ccc3c(c2)OCc2oc4cc(-c5cnc([C@@H]6CCCN6C(=O)[C@@H](NC(=O)OC)C(C)C)[nH]5)ccc4c(=O)c2-3)[nH]1)C(C)C. The summed E-state index contributed by atoms with van der Waals surface area (Å²) in [6, 6.07) is 8.92. The van der Waals surface area contributed by atoms with E-state index in [9.17, 15) is 24.0 Å². The Hall–Kier alpha value is -6.65. The predicted octanol–water partition coefficient (Wildman–Crippen LogP) is 6.22. The molecule has 3 aromatic heterocycles. The molecule has 17 heteroatoms. The standard InChI is InChI=1S/C44H50N8O9/c1-22(2)36(49-43(56)58-5)41(54)51-15-7-9-30(51)39-45-19-28(47-39)24-11-13-26-32(17-24)60-21-34-35(26)38(53)27-14-12-25(18-33(27)61-34)29-20-46-40(48-29)31-10-8-16-52(31)42(55)37(23(3)4)50-44(57)59-6/h11-14,17-20,22-23,30-31,36-37H,7-10,15-16,21H2,1-6H3,(H,45,47)(H,46,48)(H,49,56)(H,50,57)/t30-,31-,36-,37-/m0/s1. The third-order valence-corrected chi connectivity index (χ3v) is 11.9. The number of amides is 4. The van der Waals surface area contributed by atoms with Gasteiger partial charge in [-0.25, -0.2) is 19.6 Å². The van der Waals surface area contributed by atoms with Crippen molar-refractivity contribution in [2.45, 2.75) is 84.2 Å². The van der Waals surface area contributed by atoms with E-state index in [1.807, 2.05) is 52.0 Å². The number of ether oxygens (including phenoxy) is 3. The minimum absolute atomic E-state index is 0.0488. The van der Waals surface area contributed by atoms with Crippen LogP contribution in [0.5, 0.6) is 5.75 Å². The fourth-order valence-electron chi connectivity index (χ4n) is 8.63. The Morgan fingerprint density at radius 3 is 1.82 bits per heavy atom. The highest BCUT2D eigenvalue weighted by atomic mass is 16.5. The summed E-state index contributed by atoms with van der Waals surface area (Å²) in [6.07, 6.45) is 5.14. The van der Waals surface area contributed by atoms with Gasteiger partial charge in [-0.15, -0.1) is 0 Å². The average molecular weight is 835 g/mol. The van der Waals surface area contributed by atoms with Gasteiger partial charge in [0.05, 0.1) is 61.0 Å². The van der Waals surface area contributed by atoms with Crippen LogP contribution in [0.25, 0.3) is 44.6 Å². The number of carbonyl (C=O) groups is 4. The summed E-state index contributed by atoms with van der Waals surface area (Å²) in [5, 5.41) is 5.77. The van der Waals surface area contributed by atoms with Crippen LogP contribution in [-0.2, 0) is 25.7 Å². The number of fused-ring (bicyclic) bond motifs is 4. The number of nitrogens with one attached hydrogen (secondary N) is 4. The molecule has 4 N–H and O–H groups in total. The number of benzene rings is 2. The molecule has 0 spiro atoms. The minimum Gasteiger partial charge on any atom is -0.485 e. The van der Waals surface area contributed by atoms with Gasteiger partial charge >= 0.3 is 12.2 Å². The van der Waals surface area contributed by atoms with Gasteiger partial charge in [-0.1, -0.05) is 39.8 Å². The van der Waals surface area contributed by atoms with E-state index in [-0.39, 0.29) is 47.8 Å². The number of H-pyrrole nitrogens is 2. The van der Waals surface area contributed by atoms with Crippen molar-refractivity contribution in [3.63, 3.8) is 0 Å². The largest absolute Gasteiger partial charge is 0.485 e. The Labute approximate surface area is 351 Å². The summed E-state index contributed by atoms with van der Waals surface area (Å²) in [4.78, 5) is 85.0. The maximum Gasteiger partial charge on any atom is 0.407 e. The van der Waals surface area contributed by atoms with Crippen molar-refractivity contribution in [3.8, 4) is 39.4 Å². The van der Waals surface area contributed by atoms with Crippen molar-refractivity contribution in [2.75, 3.05) is 27.3 Å². The summed E-state index contributed by atoms with van der Waals surface area (Å²) >= 11 is 0. The van der Waals surface area contributed by atoms with Crippen molar-refractivity contribution in [2.24, 2.45) is 11.8 Å². The van der Waals surface area contributed by atoms with Crippen LogP contribution >= 0.6 is 0 Å². The second-order valence-corrected chi connectivity index (χ2v) is 16.4. The average Bonchev–Trinajstić information content (AvgIpc) is 4.10. The van der Waals surface area contributed by atoms with Gasteiger partial charge in [0.25, 0.3) is 0 Å². The van der Waals surface area contributed by atoms with Gasteiger partial charge in [-0.2, -0.15) is 0 Å². The van der Waals surface area contributed by atoms with E-state index in [2.05, 4.69) is 30.6 Å². The highest BCUT2D eigenvalue weighted by Crippen LogP contribution is 2.41. The molecule has 320 valence electrons. The number of hydrogen-bond donors (Lipinski definition) is 4. The maximum absolute atomic E-state index is 14.1. The van der Waals surface area contributed by atoms with E-state index in [0.717, 1.165) is 36.1 Å². The fraction of sp³-hybridized carbons (Fsp3) is 0.432. The number of carbonyl (C=O) groups excluding carboxylic acids is 4. The molecule has 2 saturated heterocycles. The van der Waals surface area contributed by atoms with Crippen LogP contribution in [0.4, 0.5) is 9.59 Å². The molecule has 0 unspecified atom stereocenters. The normalized spacial score (nSPS) is 18.1. The van der Waals surface area contributed by atoms with Gasteiger partial charge in [0, 0.05) is 29.8 Å². The lowest BCUT2D eigenvalue weighted by Gasteiger charge is -2.30. The quantitative estimate of drug-likeness (QED) is 0.124. The number of rotatable bonds is 10. The van der Waals surface area contributed by atoms with Crippen molar-refractivity contribution < 1.29 is 37.8 Å². The van der Waals surface area contributed by atoms with Crippen LogP contribution < -0.4 is 20.8 Å². The molecule has 2 fully saturated rings. The Morgan fingerprint density at radius 1 is 0.770 bits per heavy atom. The Morgan fingerprint density at radius 2 is 1.30 bits per heavy atom. The van der Waals surface area contributed by atoms with Crippen molar-refractivity contribution in [3.05, 3.63) is 76.4 Å². The van der Waals surface area contributed by atoms with Crippen molar-refractivity contribution in [1.82, 2.24) is 40.4 Å². The smallest absolute Gasteiger partial charge is 0.407 e. The van der Waals surface area contributed by atoms with E-state index in [4.69, 9.17) is 18.6 Å². The van der Waals surface area contributed by atoms with Crippen LogP contribution in [0.1, 0.15) is 82.9 Å². The molecular weight excluding hydrogens is 785 g/mol. The zero-order valence-corrected chi connectivity index (χ0v) is 35.0. The summed E-state index contributed by atoms with van der Waals surface area (Å²) in [5.74, 6) is 1.54. The van der Waals surface area contributed by atoms with Crippen LogP contribution in [0, 0.1) is 11.8 Å². The number of aromatic amines is 2. The van der Waals surface area contributed by atoms with Gasteiger partial charge in [0.2, 0.25) is 17.2 Å². The highest BCUT2D eigenvalue weighted by molar-refractivity contribution is 5.89. The van der Waals surface area contributed by atoms with Crippen molar-refractivity contribution in [1.29, 1.82) is 0 Å². The summed E-state index contributed by atoms with van der Waals surface area (Å²) in [6.45, 7) is 8.63. The first-order valence-electron chi connectivity index (χ1n) is 20.6. The van der Waals surface area contributed by atoms with Gasteiger partial charge in [-0.3, -0.25) is 14.4 Å². The van der Waals surface area contributed by atoms with Crippen molar-refractivity contribution >= 4 is 35.0 Å². The topological polar surface area (TPSA) is 214 Å². The first-order chi connectivity index (χ1) is 29.4. The molecule has 17 nitrogen and oxygen atoms in total. The number of imidazole rings is 2. The number of hydrogen-bond acceptors (Lipinski definition) is 11. The molecule has 8 rings (SSSR count). The molecule has 61 heavy (non-hydrogen) atoms. The Balaban J connectivity index is 1.01. The second kappa shape index (κ2) is 16.8. The van der Waals surface area contributed by atoms with Crippen LogP contribution in [0.2, 0.25) is 0 Å². The minimum atomic E-state index is -0.740. The first kappa shape index (κ1) is 41.1. The first-order valence-corrected chi connectivity index (χ1v) is 20.6. The highest BCUT2D eigenvalue weighted by Gasteiger charge is 2.39. The lowest BCUT2D eigenvalue weighted by atomic mass is 9.97. The van der Waals surface area contributed by atoms with E-state index >= 15 is 0 Å². The molecule has 3 aliphatic rings. The van der Waals surface area contributed by atoms with Gasteiger partial charge in [-0.05, 0) is 61.8 Å². The summed E-state index contributed by atoms with van der Waals surface area (Å²) in [5.41, 5.74) is 4.24. The molecule has 0 saturated carbocycles. The number of aromatic nitrogens is 4. The molecule has 2 aromatic carbocycles. The van der Waals surface area contributed by atoms with Gasteiger partial charge < -0.3 is 49.0 Å². The molecule has 4 atom stereocenters. The number of methoxy groups -OCH3 is 2. The van der Waals surface area contributed by atoms with Crippen LogP contribution in [-0.4, -0.2) is 93.1 Å². The zero-order valence-electron chi connectivity index (χ0n) is 35.0. The lowest BCUT2D eigenvalue weighted by Crippen LogP contribution is -2.51. The Bertz CT molecular complexity index is 2560. The van der Waals surface area contributed by atoms with Crippen LogP contribution in [0.15, 0.2) is 58.0 Å². The van der Waals surface area contributed by atoms with Gasteiger partial charge in [0.15, 0.2) is 5.76 Å². The maximum atomic E-state index is 14.1.